The summed E-state index contributed by atoms with van der Waals surface area (Å²) in [5, 5.41) is 5.52. The summed E-state index contributed by atoms with van der Waals surface area (Å²) in [5.74, 6) is 0.757. The van der Waals surface area contributed by atoms with Gasteiger partial charge < -0.3 is 21.1 Å². The van der Waals surface area contributed by atoms with Gasteiger partial charge in [-0.1, -0.05) is 12.1 Å². The predicted molar refractivity (Wildman–Crippen MR) is 74.9 cm³/mol. The first kappa shape index (κ1) is 13.8. The van der Waals surface area contributed by atoms with Crippen LogP contribution in [0, 0.1) is 5.92 Å². The molecule has 0 saturated heterocycles. The first-order valence-electron chi connectivity index (χ1n) is 6.69. The lowest BCUT2D eigenvalue weighted by Crippen LogP contribution is -2.31. The first-order valence-corrected chi connectivity index (χ1v) is 6.69. The van der Waals surface area contributed by atoms with Crippen LogP contribution >= 0.6 is 0 Å². The van der Waals surface area contributed by atoms with Gasteiger partial charge in [0, 0.05) is 25.4 Å². The summed E-state index contributed by atoms with van der Waals surface area (Å²) >= 11 is 0. The number of anilines is 1. The van der Waals surface area contributed by atoms with E-state index in [-0.39, 0.29) is 6.03 Å². The Bertz CT molecular complexity index is 419. The molecule has 1 fully saturated rings. The molecule has 1 saturated carbocycles. The fraction of sp³-hybridized carbons (Fsp3) is 0.500. The fourth-order valence-electron chi connectivity index (χ4n) is 1.72. The minimum Gasteiger partial charge on any atom is -0.379 e. The van der Waals surface area contributed by atoms with E-state index in [1.165, 1.54) is 12.8 Å². The molecule has 0 spiro atoms. The summed E-state index contributed by atoms with van der Waals surface area (Å²) in [4.78, 5) is 11.6. The van der Waals surface area contributed by atoms with Crippen molar-refractivity contribution in [1.29, 1.82) is 0 Å². The fourth-order valence-corrected chi connectivity index (χ4v) is 1.72. The van der Waals surface area contributed by atoms with Crippen LogP contribution in [-0.4, -0.2) is 25.8 Å². The zero-order valence-electron chi connectivity index (χ0n) is 11.0. The van der Waals surface area contributed by atoms with Crippen molar-refractivity contribution in [2.75, 3.05) is 25.1 Å². The Labute approximate surface area is 113 Å². The van der Waals surface area contributed by atoms with Gasteiger partial charge in [-0.2, -0.15) is 0 Å². The van der Waals surface area contributed by atoms with E-state index in [9.17, 15) is 4.79 Å². The molecule has 0 heterocycles. The van der Waals surface area contributed by atoms with Gasteiger partial charge in [-0.15, -0.1) is 0 Å². The Balaban J connectivity index is 1.62. The van der Waals surface area contributed by atoms with Gasteiger partial charge in [-0.25, -0.2) is 4.79 Å². The summed E-state index contributed by atoms with van der Waals surface area (Å²) in [6.45, 7) is 2.37. The summed E-state index contributed by atoms with van der Waals surface area (Å²) in [5.41, 5.74) is 7.29. The number of nitrogens with two attached hydrogens (primary N) is 1. The molecule has 1 aliphatic carbocycles. The zero-order chi connectivity index (χ0) is 13.5. The van der Waals surface area contributed by atoms with Crippen LogP contribution in [0.5, 0.6) is 0 Å². The molecule has 1 aromatic carbocycles. The molecule has 4 N–H and O–H groups in total. The minimum atomic E-state index is -0.218. The van der Waals surface area contributed by atoms with Gasteiger partial charge in [0.15, 0.2) is 0 Å². The number of hydrogen-bond acceptors (Lipinski definition) is 3. The molecule has 1 aromatic rings. The lowest BCUT2D eigenvalue weighted by atomic mass is 10.2. The van der Waals surface area contributed by atoms with Crippen molar-refractivity contribution >= 4 is 11.7 Å². The number of amides is 2. The number of hydrogen-bond donors (Lipinski definition) is 3. The van der Waals surface area contributed by atoms with Crippen LogP contribution in [0.4, 0.5) is 10.5 Å². The quantitative estimate of drug-likeness (QED) is 0.655. The largest absolute Gasteiger partial charge is 0.379 e. The Kier molecular flexibility index (Phi) is 5.18. The number of benzene rings is 1. The van der Waals surface area contributed by atoms with Gasteiger partial charge in [0.1, 0.15) is 0 Å². The highest BCUT2D eigenvalue weighted by Crippen LogP contribution is 2.28. The second-order valence-corrected chi connectivity index (χ2v) is 4.80. The molecule has 0 aliphatic heterocycles. The van der Waals surface area contributed by atoms with Gasteiger partial charge in [-0.3, -0.25) is 0 Å². The maximum atomic E-state index is 11.6. The van der Waals surface area contributed by atoms with Crippen LogP contribution < -0.4 is 16.4 Å². The van der Waals surface area contributed by atoms with Crippen LogP contribution in [0.1, 0.15) is 18.4 Å². The monoisotopic (exact) mass is 263 g/mol. The highest BCUT2D eigenvalue weighted by molar-refractivity contribution is 5.89. The molecule has 0 unspecified atom stereocenters. The molecule has 0 bridgehead atoms. The Morgan fingerprint density at radius 3 is 3.00 bits per heavy atom. The topological polar surface area (TPSA) is 76.4 Å². The molecule has 5 nitrogen and oxygen atoms in total. The van der Waals surface area contributed by atoms with Crippen molar-refractivity contribution in [3.8, 4) is 0 Å². The van der Waals surface area contributed by atoms with E-state index < -0.39 is 0 Å². The normalized spacial score (nSPS) is 14.2. The second-order valence-electron chi connectivity index (χ2n) is 4.80. The zero-order valence-corrected chi connectivity index (χ0v) is 11.0. The third-order valence-electron chi connectivity index (χ3n) is 3.00. The van der Waals surface area contributed by atoms with Crippen LogP contribution in [0.2, 0.25) is 0 Å². The summed E-state index contributed by atoms with van der Waals surface area (Å²) in [6.07, 6.45) is 2.57. The average Bonchev–Trinajstić information content (AvgIpc) is 3.22. The molecular weight excluding hydrogens is 242 g/mol. The van der Waals surface area contributed by atoms with Crippen molar-refractivity contribution in [3.63, 3.8) is 0 Å². The summed E-state index contributed by atoms with van der Waals surface area (Å²) in [6, 6.07) is 7.28. The molecule has 2 rings (SSSR count). The first-order chi connectivity index (χ1) is 9.28. The lowest BCUT2D eigenvalue weighted by Gasteiger charge is -2.09. The van der Waals surface area contributed by atoms with E-state index in [4.69, 9.17) is 10.5 Å². The Hall–Kier alpha value is -1.59. The smallest absolute Gasteiger partial charge is 0.319 e. The number of ether oxygens (including phenoxy) is 1. The van der Waals surface area contributed by atoms with Crippen LogP contribution in [0.15, 0.2) is 24.3 Å². The SMILES string of the molecule is NCc1cccc(NC(=O)NCCOCC2CC2)c1. The van der Waals surface area contributed by atoms with Crippen molar-refractivity contribution < 1.29 is 9.53 Å². The second kappa shape index (κ2) is 7.11. The maximum absolute atomic E-state index is 11.6. The van der Waals surface area contributed by atoms with E-state index in [2.05, 4.69) is 10.6 Å². The van der Waals surface area contributed by atoms with Gasteiger partial charge in [0.25, 0.3) is 0 Å². The number of urea groups is 1. The molecule has 5 heteroatoms. The van der Waals surface area contributed by atoms with E-state index in [1.54, 1.807) is 0 Å². The third kappa shape index (κ3) is 5.28. The molecule has 19 heavy (non-hydrogen) atoms. The van der Waals surface area contributed by atoms with Gasteiger partial charge >= 0.3 is 6.03 Å². The molecule has 1 aliphatic rings. The van der Waals surface area contributed by atoms with Crippen LogP contribution in [0.25, 0.3) is 0 Å². The summed E-state index contributed by atoms with van der Waals surface area (Å²) < 4.78 is 5.44. The average molecular weight is 263 g/mol. The van der Waals surface area contributed by atoms with Gasteiger partial charge in [0.2, 0.25) is 0 Å². The minimum absolute atomic E-state index is 0.218. The van der Waals surface area contributed by atoms with Crippen molar-refractivity contribution in [2.24, 2.45) is 11.7 Å². The summed E-state index contributed by atoms with van der Waals surface area (Å²) in [7, 11) is 0. The van der Waals surface area contributed by atoms with E-state index >= 15 is 0 Å². The number of carbonyl (C=O) groups excluding carboxylic acids is 1. The van der Waals surface area contributed by atoms with Crippen molar-refractivity contribution in [3.05, 3.63) is 29.8 Å². The third-order valence-corrected chi connectivity index (χ3v) is 3.00. The van der Waals surface area contributed by atoms with E-state index in [0.717, 1.165) is 23.8 Å². The highest BCUT2D eigenvalue weighted by Gasteiger charge is 2.20. The molecule has 104 valence electrons. The van der Waals surface area contributed by atoms with E-state index in [1.807, 2.05) is 24.3 Å². The van der Waals surface area contributed by atoms with Crippen molar-refractivity contribution in [2.45, 2.75) is 19.4 Å². The standard InChI is InChI=1S/C14H21N3O2/c15-9-12-2-1-3-13(8-12)17-14(18)16-6-7-19-10-11-4-5-11/h1-3,8,11H,4-7,9-10,15H2,(H2,16,17,18). The Morgan fingerprint density at radius 1 is 1.42 bits per heavy atom. The van der Waals surface area contributed by atoms with E-state index in [0.29, 0.717) is 19.7 Å². The van der Waals surface area contributed by atoms with Crippen LogP contribution in [0.3, 0.4) is 0 Å². The molecular formula is C14H21N3O2. The van der Waals surface area contributed by atoms with Crippen molar-refractivity contribution in [1.82, 2.24) is 5.32 Å². The lowest BCUT2D eigenvalue weighted by molar-refractivity contribution is 0.127. The number of nitrogens with one attached hydrogen (secondary N) is 2. The van der Waals surface area contributed by atoms with Gasteiger partial charge in [-0.05, 0) is 36.5 Å². The maximum Gasteiger partial charge on any atom is 0.319 e. The molecule has 0 atom stereocenters. The predicted octanol–water partition coefficient (Wildman–Crippen LogP) is 1.69. The number of carbonyl (C=O) groups is 1. The molecule has 2 amide bonds. The Morgan fingerprint density at radius 2 is 2.26 bits per heavy atom. The highest BCUT2D eigenvalue weighted by atomic mass is 16.5. The molecule has 0 aromatic heterocycles. The number of rotatable bonds is 7. The molecule has 0 radical (unpaired) electrons. The van der Waals surface area contributed by atoms with Gasteiger partial charge in [0.05, 0.1) is 6.61 Å². The van der Waals surface area contributed by atoms with Crippen LogP contribution in [-0.2, 0) is 11.3 Å².